The van der Waals surface area contributed by atoms with Crippen molar-refractivity contribution in [2.24, 2.45) is 9.36 Å². The van der Waals surface area contributed by atoms with Crippen LogP contribution in [0.5, 0.6) is 0 Å². The standard InChI is InChI=1S/C26H30F4IN2O2/c1-15-8-18(10-19(9-15)26(28,29)30)16(2)35-22-13-33-21(11-25(3,14-31-32)12-23(33)34)24(22)17-4-6-20(27)7-5-17/h4-10,16,21-22,24H,11-14,32H2,1-3H3/q-1/t16-,21?,22+,24?,25?/m1/s1. The molecule has 2 aliphatic rings. The van der Waals surface area contributed by atoms with Gasteiger partial charge in [-0.15, -0.1) is 0 Å². The van der Waals surface area contributed by atoms with Gasteiger partial charge in [0, 0.05) is 0 Å². The SMILES string of the molecule is Cc1cc([C@@H](C)O[C@H]2CN3C(=O)CC(C)(C[I-]N)CC3C2c2ccc(F)cc2)cc(C(F)(F)F)c1. The number of piperidine rings is 1. The maximum atomic E-state index is 13.7. The van der Waals surface area contributed by atoms with Crippen LogP contribution in [0.15, 0.2) is 42.5 Å². The second-order valence-electron chi connectivity index (χ2n) is 10.1. The van der Waals surface area contributed by atoms with Crippen LogP contribution in [0.1, 0.15) is 61.0 Å². The average molecular weight is 605 g/mol. The first-order chi connectivity index (χ1) is 16.4. The zero-order chi connectivity index (χ0) is 25.5. The van der Waals surface area contributed by atoms with Gasteiger partial charge in [-0.05, 0) is 0 Å². The average Bonchev–Trinajstić information content (AvgIpc) is 3.11. The van der Waals surface area contributed by atoms with Gasteiger partial charge in [-0.2, -0.15) is 13.2 Å². The van der Waals surface area contributed by atoms with Crippen LogP contribution in [0.2, 0.25) is 0 Å². The number of fused-ring (bicyclic) bond motifs is 1. The van der Waals surface area contributed by atoms with Crippen LogP contribution in [0.3, 0.4) is 0 Å². The van der Waals surface area contributed by atoms with E-state index in [0.29, 0.717) is 24.1 Å². The van der Waals surface area contributed by atoms with E-state index in [1.807, 2.05) is 4.90 Å². The fourth-order valence-corrected chi connectivity index (χ4v) is 7.19. The topological polar surface area (TPSA) is 55.6 Å². The number of aryl methyl sites for hydroxylation is 1. The molecule has 3 unspecified atom stereocenters. The van der Waals surface area contributed by atoms with Gasteiger partial charge in [0.25, 0.3) is 0 Å². The number of nitrogens with zero attached hydrogens (tertiary/aromatic N) is 1. The molecule has 192 valence electrons. The summed E-state index contributed by atoms with van der Waals surface area (Å²) >= 11 is -0.496. The molecule has 0 saturated carbocycles. The van der Waals surface area contributed by atoms with Crippen molar-refractivity contribution in [2.45, 2.75) is 64.0 Å². The summed E-state index contributed by atoms with van der Waals surface area (Å²) in [6.07, 6.45) is -4.33. The molecule has 1 amide bonds. The molecule has 35 heavy (non-hydrogen) atoms. The number of benzene rings is 2. The molecule has 4 rings (SSSR count). The molecule has 9 heteroatoms. The van der Waals surface area contributed by atoms with E-state index in [4.69, 9.17) is 8.68 Å². The fraction of sp³-hybridized carbons (Fsp3) is 0.500. The van der Waals surface area contributed by atoms with Crippen molar-refractivity contribution < 1.29 is 48.6 Å². The number of carbonyl (C=O) groups excluding carboxylic acids is 1. The van der Waals surface area contributed by atoms with Crippen LogP contribution in [-0.2, 0) is 15.7 Å². The van der Waals surface area contributed by atoms with Gasteiger partial charge in [-0.3, -0.25) is 0 Å². The van der Waals surface area contributed by atoms with E-state index in [0.717, 1.165) is 28.5 Å². The van der Waals surface area contributed by atoms with Crippen molar-refractivity contribution in [2.75, 3.05) is 11.0 Å². The summed E-state index contributed by atoms with van der Waals surface area (Å²) < 4.78 is 67.0. The van der Waals surface area contributed by atoms with Crippen molar-refractivity contribution in [3.05, 3.63) is 70.5 Å². The molecule has 0 spiro atoms. The normalized spacial score (nSPS) is 27.8. The summed E-state index contributed by atoms with van der Waals surface area (Å²) in [5, 5.41) is 0. The summed E-state index contributed by atoms with van der Waals surface area (Å²) in [6, 6.07) is 10.0. The molecule has 0 radical (unpaired) electrons. The second kappa shape index (κ2) is 9.97. The van der Waals surface area contributed by atoms with Gasteiger partial charge >= 0.3 is 201 Å². The van der Waals surface area contributed by atoms with E-state index in [2.05, 4.69) is 6.92 Å². The third-order valence-corrected chi connectivity index (χ3v) is 9.40. The van der Waals surface area contributed by atoms with Crippen LogP contribution in [0.25, 0.3) is 0 Å². The summed E-state index contributed by atoms with van der Waals surface area (Å²) in [4.78, 5) is 15.0. The Labute approximate surface area is 213 Å². The third-order valence-electron chi connectivity index (χ3n) is 7.12. The van der Waals surface area contributed by atoms with Gasteiger partial charge < -0.3 is 0 Å². The summed E-state index contributed by atoms with van der Waals surface area (Å²) in [5.41, 5.74) is 0.884. The predicted octanol–water partition coefficient (Wildman–Crippen LogP) is 2.36. The Morgan fingerprint density at radius 1 is 1.23 bits per heavy atom. The number of hydrogen-bond donors (Lipinski definition) is 1. The first-order valence-corrected chi connectivity index (χ1v) is 14.3. The van der Waals surface area contributed by atoms with E-state index < -0.39 is 45.4 Å². The van der Waals surface area contributed by atoms with Crippen molar-refractivity contribution in [1.29, 1.82) is 0 Å². The molecule has 2 aromatic carbocycles. The second-order valence-corrected chi connectivity index (χ2v) is 11.8. The quantitative estimate of drug-likeness (QED) is 0.238. The summed E-state index contributed by atoms with van der Waals surface area (Å²) in [5.74, 6) is -0.530. The zero-order valence-electron chi connectivity index (χ0n) is 19.9. The summed E-state index contributed by atoms with van der Waals surface area (Å²) in [6.45, 7) is 5.81. The Balaban J connectivity index is 1.66. The molecule has 4 nitrogen and oxygen atoms in total. The Hall–Kier alpha value is -1.72. The van der Waals surface area contributed by atoms with Crippen LogP contribution >= 0.6 is 0 Å². The maximum absolute atomic E-state index is 13.7. The number of carbonyl (C=O) groups is 1. The number of halogens is 5. The molecule has 2 aliphatic heterocycles. The van der Waals surface area contributed by atoms with Gasteiger partial charge in [-0.1, -0.05) is 0 Å². The molecular weight excluding hydrogens is 575 g/mol. The van der Waals surface area contributed by atoms with Crippen LogP contribution < -0.4 is 25.4 Å². The molecule has 2 N–H and O–H groups in total. The van der Waals surface area contributed by atoms with Crippen molar-refractivity contribution in [3.8, 4) is 0 Å². The Bertz CT molecular complexity index is 1080. The molecule has 0 aromatic heterocycles. The number of alkyl halides is 4. The van der Waals surface area contributed by atoms with Gasteiger partial charge in [0.1, 0.15) is 0 Å². The minimum Gasteiger partial charge on any atom is -0.166 e. The number of amides is 1. The zero-order valence-corrected chi connectivity index (χ0v) is 22.1. The van der Waals surface area contributed by atoms with Crippen molar-refractivity contribution >= 4 is 5.91 Å². The fourth-order valence-electron chi connectivity index (χ4n) is 5.54. The van der Waals surface area contributed by atoms with Gasteiger partial charge in [0.2, 0.25) is 0 Å². The monoisotopic (exact) mass is 605 g/mol. The van der Waals surface area contributed by atoms with E-state index >= 15 is 0 Å². The van der Waals surface area contributed by atoms with E-state index in [9.17, 15) is 22.4 Å². The molecular formula is C26H30F4IN2O2-. The number of nitrogens with two attached hydrogens (primary N) is 1. The first-order valence-electron chi connectivity index (χ1n) is 11.6. The van der Waals surface area contributed by atoms with E-state index in [1.54, 1.807) is 32.0 Å². The van der Waals surface area contributed by atoms with Gasteiger partial charge in [0.05, 0.1) is 0 Å². The Morgan fingerprint density at radius 3 is 2.54 bits per heavy atom. The molecule has 2 heterocycles. The number of rotatable bonds is 6. The molecule has 0 bridgehead atoms. The molecule has 0 aliphatic carbocycles. The van der Waals surface area contributed by atoms with Crippen LogP contribution in [0, 0.1) is 18.2 Å². The van der Waals surface area contributed by atoms with Gasteiger partial charge in [-0.25, -0.2) is 0 Å². The van der Waals surface area contributed by atoms with Crippen LogP contribution in [0.4, 0.5) is 17.6 Å². The van der Waals surface area contributed by atoms with E-state index in [-0.39, 0.29) is 29.1 Å². The summed E-state index contributed by atoms with van der Waals surface area (Å²) in [7, 11) is 0. The Kier molecular flexibility index (Phi) is 7.51. The minimum atomic E-state index is -4.45. The van der Waals surface area contributed by atoms with Crippen molar-refractivity contribution in [1.82, 2.24) is 4.90 Å². The molecule has 2 fully saturated rings. The number of hydrogen-bond acceptors (Lipinski definition) is 3. The van der Waals surface area contributed by atoms with Crippen LogP contribution in [-0.4, -0.2) is 33.9 Å². The van der Waals surface area contributed by atoms with Gasteiger partial charge in [0.15, 0.2) is 0 Å². The Morgan fingerprint density at radius 2 is 1.91 bits per heavy atom. The molecule has 5 atom stereocenters. The smallest absolute Gasteiger partial charge is 0.166 e. The van der Waals surface area contributed by atoms with E-state index in [1.165, 1.54) is 12.1 Å². The molecule has 2 saturated heterocycles. The third kappa shape index (κ3) is 5.67. The predicted molar refractivity (Wildman–Crippen MR) is 121 cm³/mol. The first kappa shape index (κ1) is 26.3. The number of ether oxygens (including phenoxy) is 1. The minimum absolute atomic E-state index is 0.0435. The molecule has 2 aromatic rings. The van der Waals surface area contributed by atoms with Crippen molar-refractivity contribution in [3.63, 3.8) is 0 Å².